The van der Waals surface area contributed by atoms with E-state index in [0.717, 1.165) is 45.0 Å². The summed E-state index contributed by atoms with van der Waals surface area (Å²) in [6, 6.07) is 65.6. The third-order valence-electron chi connectivity index (χ3n) is 12.6. The first kappa shape index (κ1) is 35.9. The van der Waals surface area contributed by atoms with E-state index in [0.29, 0.717) is 0 Å². The Morgan fingerprint density at radius 2 is 1.04 bits per heavy atom. The van der Waals surface area contributed by atoms with E-state index >= 15 is 0 Å². The Morgan fingerprint density at radius 1 is 0.491 bits per heavy atom. The van der Waals surface area contributed by atoms with Crippen LogP contribution in [0.15, 0.2) is 176 Å². The summed E-state index contributed by atoms with van der Waals surface area (Å²) in [5, 5.41) is 8.34. The number of rotatable bonds is 7. The van der Waals surface area contributed by atoms with Crippen LogP contribution in [0.5, 0.6) is 11.5 Å². The zero-order chi connectivity index (χ0) is 39.2. The molecule has 57 heavy (non-hydrogen) atoms. The summed E-state index contributed by atoms with van der Waals surface area (Å²) in [6.45, 7) is 15.8. The topological polar surface area (TPSA) is 31.5 Å². The van der Waals surface area contributed by atoms with Crippen LogP contribution in [0.2, 0.25) is 39.3 Å². The third-order valence-corrected chi connectivity index (χ3v) is 54.6. The van der Waals surface area contributed by atoms with Crippen molar-refractivity contribution in [2.45, 2.75) is 39.3 Å². The molecule has 1 aliphatic heterocycles. The van der Waals surface area contributed by atoms with E-state index < -0.39 is 30.4 Å². The van der Waals surface area contributed by atoms with Gasteiger partial charge in [-0.2, -0.15) is 0 Å². The minimum Gasteiger partial charge on any atom is -0.458 e. The number of benzene rings is 7. The van der Waals surface area contributed by atoms with Gasteiger partial charge in [0, 0.05) is 20.9 Å². The Bertz CT molecular complexity index is 2920. The number of imidazole rings is 2. The normalized spacial score (nSPS) is 14.1. The maximum atomic E-state index is 7.47. The predicted molar refractivity (Wildman–Crippen MR) is 251 cm³/mol. The molecule has 9 aromatic rings. The van der Waals surface area contributed by atoms with Gasteiger partial charge < -0.3 is 4.74 Å². The average molecular weight is 806 g/mol. The Labute approximate surface area is 338 Å². The summed E-state index contributed by atoms with van der Waals surface area (Å²) in [5.74, 6) is 3.10. The van der Waals surface area contributed by atoms with Crippen LogP contribution in [0, 0.1) is 0 Å². The first-order valence-corrected chi connectivity index (χ1v) is 33.1. The van der Waals surface area contributed by atoms with E-state index in [-0.39, 0.29) is 0 Å². The molecule has 0 spiro atoms. The number of fused-ring (bicyclic) bond motifs is 7. The van der Waals surface area contributed by atoms with Crippen molar-refractivity contribution in [1.82, 2.24) is 14.0 Å². The molecular weight excluding hydrogens is 759 g/mol. The van der Waals surface area contributed by atoms with Crippen molar-refractivity contribution >= 4 is 89.3 Å². The number of hydrogen-bond donors (Lipinski definition) is 0. The van der Waals surface area contributed by atoms with Crippen molar-refractivity contribution in [3.63, 3.8) is 0 Å². The van der Waals surface area contributed by atoms with Crippen molar-refractivity contribution in [3.8, 4) is 17.2 Å². The van der Waals surface area contributed by atoms with Gasteiger partial charge in [0.15, 0.2) is 8.07 Å². The molecule has 4 nitrogen and oxygen atoms in total. The van der Waals surface area contributed by atoms with Gasteiger partial charge in [0.25, 0.3) is 0 Å². The number of hydrogen-bond acceptors (Lipinski definition) is 2. The van der Waals surface area contributed by atoms with Gasteiger partial charge >= 0.3 is 0 Å². The highest BCUT2D eigenvalue weighted by atomic mass is 29.6. The van der Waals surface area contributed by atoms with Crippen LogP contribution in [0.1, 0.15) is 0 Å². The fourth-order valence-electron chi connectivity index (χ4n) is 10.9. The molecule has 0 saturated carbocycles. The van der Waals surface area contributed by atoms with Crippen molar-refractivity contribution < 1.29 is 4.74 Å². The van der Waals surface area contributed by atoms with Crippen LogP contribution in [-0.2, 0) is 0 Å². The van der Waals surface area contributed by atoms with Gasteiger partial charge in [-0.25, -0.2) is 4.98 Å². The Kier molecular flexibility index (Phi) is 8.18. The lowest BCUT2D eigenvalue weighted by Gasteiger charge is -2.54. The summed E-state index contributed by atoms with van der Waals surface area (Å²) in [4.78, 5) is 5.27. The zero-order valence-electron chi connectivity index (χ0n) is 33.5. The van der Waals surface area contributed by atoms with E-state index in [1.807, 2.05) is 0 Å². The van der Waals surface area contributed by atoms with Gasteiger partial charge in [0.1, 0.15) is 18.6 Å². The molecule has 1 aliphatic rings. The fraction of sp³-hybridized carbons (Fsp3) is 0.122. The summed E-state index contributed by atoms with van der Waals surface area (Å²) in [6.07, 6.45) is 0. The van der Waals surface area contributed by atoms with Crippen LogP contribution < -0.4 is 35.9 Å². The smallest absolute Gasteiger partial charge is 0.220 e. The largest absolute Gasteiger partial charge is 0.458 e. The maximum Gasteiger partial charge on any atom is 0.220 e. The SMILES string of the molecule is C[Si](C)(C)[Si]1([Si](C)(C)C)c2ccccc2Oc2c([Si](c3ccccc3)(c3ccccc3)c3cccc(-n4c5ccccc5n5c6ccccc6nc45)c3)cccc21. The van der Waals surface area contributed by atoms with Gasteiger partial charge in [-0.15, -0.1) is 0 Å². The van der Waals surface area contributed by atoms with Crippen molar-refractivity contribution in [1.29, 1.82) is 0 Å². The molecule has 280 valence electrons. The molecule has 0 N–H and O–H groups in total. The summed E-state index contributed by atoms with van der Waals surface area (Å²) in [7, 11) is -9.12. The number of aromatic nitrogens is 3. The second-order valence-electron chi connectivity index (χ2n) is 17.6. The minimum absolute atomic E-state index is 0.916. The van der Waals surface area contributed by atoms with Gasteiger partial charge in [-0.1, -0.05) is 173 Å². The Morgan fingerprint density at radius 3 is 1.72 bits per heavy atom. The molecule has 3 heterocycles. The lowest BCUT2D eigenvalue weighted by molar-refractivity contribution is 0.491. The van der Waals surface area contributed by atoms with Crippen molar-refractivity contribution in [2.75, 3.05) is 0 Å². The van der Waals surface area contributed by atoms with Crippen LogP contribution in [0.25, 0.3) is 33.5 Å². The Balaban J connectivity index is 1.34. The van der Waals surface area contributed by atoms with Crippen molar-refractivity contribution in [2.24, 2.45) is 0 Å². The van der Waals surface area contributed by atoms with Gasteiger partial charge in [0.2, 0.25) is 5.78 Å². The molecule has 0 amide bonds. The summed E-state index contributed by atoms with van der Waals surface area (Å²) >= 11 is 0. The number of ether oxygens (including phenoxy) is 1. The summed E-state index contributed by atoms with van der Waals surface area (Å²) < 4.78 is 12.1. The first-order valence-electron chi connectivity index (χ1n) is 20.1. The molecule has 0 unspecified atom stereocenters. The molecule has 0 aliphatic carbocycles. The van der Waals surface area contributed by atoms with Crippen LogP contribution in [0.3, 0.4) is 0 Å². The molecule has 0 atom stereocenters. The fourth-order valence-corrected chi connectivity index (χ4v) is 62.6. The van der Waals surface area contributed by atoms with E-state index in [1.54, 1.807) is 0 Å². The maximum absolute atomic E-state index is 7.47. The Hall–Kier alpha value is -5.52. The lowest BCUT2D eigenvalue weighted by atomic mass is 10.2. The van der Waals surface area contributed by atoms with E-state index in [2.05, 4.69) is 224 Å². The van der Waals surface area contributed by atoms with E-state index in [4.69, 9.17) is 9.72 Å². The predicted octanol–water partition coefficient (Wildman–Crippen LogP) is 8.31. The highest BCUT2D eigenvalue weighted by molar-refractivity contribution is 7.77. The molecule has 0 bridgehead atoms. The molecule has 8 heteroatoms. The monoisotopic (exact) mass is 805 g/mol. The molecular formula is C49H47N3OSi4. The second kappa shape index (κ2) is 13.0. The van der Waals surface area contributed by atoms with Gasteiger partial charge in [-0.05, 0) is 73.6 Å². The lowest BCUT2D eigenvalue weighted by Crippen LogP contribution is -2.86. The molecule has 0 radical (unpaired) electrons. The molecule has 2 aromatic heterocycles. The van der Waals surface area contributed by atoms with Crippen LogP contribution >= 0.6 is 0 Å². The third kappa shape index (κ3) is 5.04. The highest BCUT2D eigenvalue weighted by Gasteiger charge is 2.61. The molecule has 0 saturated heterocycles. The number of para-hydroxylation sites is 6. The second-order valence-corrected chi connectivity index (χ2v) is 48.0. The standard InChI is InChI=1S/C49H47N3OSi4/c1-54(2,3)57(55(4,5)6)45-32-18-17-31-44(45)53-48-46(33-20-34-47(48)57)56(37-22-9-7-10-23-37,38-24-11-8-12-25-38)39-26-19-21-36(35-39)51-42-29-15-16-30-43(42)52-41-28-14-13-27-40(41)50-49(51)52/h7-35H,1-6H3. The van der Waals surface area contributed by atoms with E-state index in [1.165, 1.54) is 31.1 Å². The summed E-state index contributed by atoms with van der Waals surface area (Å²) in [5.41, 5.74) is 5.48. The average Bonchev–Trinajstić information content (AvgIpc) is 3.75. The quantitative estimate of drug-likeness (QED) is 0.120. The van der Waals surface area contributed by atoms with Gasteiger partial charge in [0.05, 0.1) is 22.1 Å². The number of nitrogens with zero attached hydrogens (tertiary/aromatic N) is 3. The van der Waals surface area contributed by atoms with Crippen molar-refractivity contribution in [3.05, 3.63) is 176 Å². The first-order chi connectivity index (χ1) is 27.6. The molecule has 7 aromatic carbocycles. The molecule has 10 rings (SSSR count). The molecule has 0 fully saturated rings. The van der Waals surface area contributed by atoms with Crippen LogP contribution in [0.4, 0.5) is 0 Å². The zero-order valence-corrected chi connectivity index (χ0v) is 37.5. The van der Waals surface area contributed by atoms with Gasteiger partial charge in [-0.3, -0.25) is 8.97 Å². The minimum atomic E-state index is -3.10. The van der Waals surface area contributed by atoms with Crippen LogP contribution in [-0.4, -0.2) is 44.3 Å². The highest BCUT2D eigenvalue weighted by Crippen LogP contribution is 2.39. The van der Waals surface area contributed by atoms with E-state index in [9.17, 15) is 0 Å².